The molecule has 0 saturated carbocycles. The van der Waals surface area contributed by atoms with Crippen molar-refractivity contribution < 1.29 is 4.74 Å². The van der Waals surface area contributed by atoms with Crippen LogP contribution in [0.1, 0.15) is 19.3 Å². The third-order valence-corrected chi connectivity index (χ3v) is 4.41. The second kappa shape index (κ2) is 5.93. The molecular formula is C14H23N5O. The predicted octanol–water partition coefficient (Wildman–Crippen LogP) is 0.487. The molecule has 0 bridgehead atoms. The Labute approximate surface area is 119 Å². The number of rotatable bonds is 3. The van der Waals surface area contributed by atoms with E-state index in [0.717, 1.165) is 44.8 Å². The van der Waals surface area contributed by atoms with Crippen molar-refractivity contribution in [3.63, 3.8) is 0 Å². The smallest absolute Gasteiger partial charge is 0.218 e. The normalized spacial score (nSPS) is 25.1. The van der Waals surface area contributed by atoms with Crippen molar-refractivity contribution in [2.75, 3.05) is 38.2 Å². The SMILES string of the molecule is COc1cc(N2CCC(N3CCC(N)CC3)C2)ncn1. The van der Waals surface area contributed by atoms with Crippen molar-refractivity contribution in [1.29, 1.82) is 0 Å². The molecule has 0 amide bonds. The Morgan fingerprint density at radius 3 is 2.75 bits per heavy atom. The minimum absolute atomic E-state index is 0.398. The van der Waals surface area contributed by atoms with Crippen LogP contribution < -0.4 is 15.4 Å². The molecule has 6 heteroatoms. The number of nitrogens with two attached hydrogens (primary N) is 1. The van der Waals surface area contributed by atoms with Gasteiger partial charge in [-0.25, -0.2) is 9.97 Å². The van der Waals surface area contributed by atoms with Crippen LogP contribution in [0.3, 0.4) is 0 Å². The molecule has 3 heterocycles. The molecule has 0 aromatic carbocycles. The highest BCUT2D eigenvalue weighted by Gasteiger charge is 2.30. The van der Waals surface area contributed by atoms with Crippen LogP contribution in [0.15, 0.2) is 12.4 Å². The summed E-state index contributed by atoms with van der Waals surface area (Å²) in [5.74, 6) is 1.59. The first kappa shape index (κ1) is 13.6. The maximum Gasteiger partial charge on any atom is 0.218 e. The van der Waals surface area contributed by atoms with Gasteiger partial charge < -0.3 is 15.4 Å². The predicted molar refractivity (Wildman–Crippen MR) is 78.0 cm³/mol. The fourth-order valence-electron chi connectivity index (χ4n) is 3.15. The Kier molecular flexibility index (Phi) is 4.03. The van der Waals surface area contributed by atoms with Crippen LogP contribution in [-0.4, -0.2) is 60.2 Å². The van der Waals surface area contributed by atoms with Gasteiger partial charge in [0.1, 0.15) is 12.1 Å². The Bertz CT molecular complexity index is 447. The summed E-state index contributed by atoms with van der Waals surface area (Å²) >= 11 is 0. The number of hydrogen-bond acceptors (Lipinski definition) is 6. The van der Waals surface area contributed by atoms with Crippen molar-refractivity contribution in [3.05, 3.63) is 12.4 Å². The quantitative estimate of drug-likeness (QED) is 0.867. The number of nitrogens with zero attached hydrogens (tertiary/aromatic N) is 4. The zero-order chi connectivity index (χ0) is 13.9. The highest BCUT2D eigenvalue weighted by molar-refractivity contribution is 5.42. The van der Waals surface area contributed by atoms with E-state index in [4.69, 9.17) is 10.5 Å². The molecule has 1 atom stereocenters. The van der Waals surface area contributed by atoms with Crippen molar-refractivity contribution in [3.8, 4) is 5.88 Å². The number of aromatic nitrogens is 2. The van der Waals surface area contributed by atoms with E-state index in [2.05, 4.69) is 19.8 Å². The molecule has 2 aliphatic heterocycles. The summed E-state index contributed by atoms with van der Waals surface area (Å²) in [7, 11) is 1.63. The number of ether oxygens (including phenoxy) is 1. The van der Waals surface area contributed by atoms with E-state index in [1.165, 1.54) is 6.42 Å². The average molecular weight is 277 g/mol. The van der Waals surface area contributed by atoms with Crippen molar-refractivity contribution >= 4 is 5.82 Å². The topological polar surface area (TPSA) is 67.5 Å². The van der Waals surface area contributed by atoms with Gasteiger partial charge in [-0.05, 0) is 32.4 Å². The summed E-state index contributed by atoms with van der Waals surface area (Å²) in [4.78, 5) is 13.3. The summed E-state index contributed by atoms with van der Waals surface area (Å²) in [6.07, 6.45) is 5.01. The highest BCUT2D eigenvalue weighted by Crippen LogP contribution is 2.24. The second-order valence-corrected chi connectivity index (χ2v) is 5.68. The molecule has 2 N–H and O–H groups in total. The van der Waals surface area contributed by atoms with Crippen LogP contribution in [0.5, 0.6) is 5.88 Å². The zero-order valence-electron chi connectivity index (χ0n) is 12.0. The fourth-order valence-corrected chi connectivity index (χ4v) is 3.15. The molecule has 0 aliphatic carbocycles. The lowest BCUT2D eigenvalue weighted by atomic mass is 10.0. The molecule has 0 radical (unpaired) electrons. The molecular weight excluding hydrogens is 254 g/mol. The van der Waals surface area contributed by atoms with Gasteiger partial charge in [0.25, 0.3) is 0 Å². The summed E-state index contributed by atoms with van der Waals surface area (Å²) in [6.45, 7) is 4.35. The minimum Gasteiger partial charge on any atom is -0.481 e. The summed E-state index contributed by atoms with van der Waals surface area (Å²) in [6, 6.07) is 2.94. The first-order chi connectivity index (χ1) is 9.76. The van der Waals surface area contributed by atoms with Gasteiger partial charge in [-0.15, -0.1) is 0 Å². The van der Waals surface area contributed by atoms with Gasteiger partial charge in [0, 0.05) is 31.2 Å². The van der Waals surface area contributed by atoms with Gasteiger partial charge >= 0.3 is 0 Å². The van der Waals surface area contributed by atoms with Crippen LogP contribution >= 0.6 is 0 Å². The Balaban J connectivity index is 1.61. The maximum absolute atomic E-state index is 5.98. The monoisotopic (exact) mass is 277 g/mol. The molecule has 2 fully saturated rings. The average Bonchev–Trinajstić information content (AvgIpc) is 2.98. The molecule has 20 heavy (non-hydrogen) atoms. The Morgan fingerprint density at radius 2 is 2.00 bits per heavy atom. The molecule has 6 nitrogen and oxygen atoms in total. The Hall–Kier alpha value is -1.40. The lowest BCUT2D eigenvalue weighted by Gasteiger charge is -2.34. The van der Waals surface area contributed by atoms with Crippen molar-refractivity contribution in [2.24, 2.45) is 5.73 Å². The van der Waals surface area contributed by atoms with E-state index >= 15 is 0 Å². The lowest BCUT2D eigenvalue weighted by Crippen LogP contribution is -2.46. The molecule has 0 spiro atoms. The summed E-state index contributed by atoms with van der Waals surface area (Å²) in [5.41, 5.74) is 5.98. The van der Waals surface area contributed by atoms with Crippen LogP contribution in [0, 0.1) is 0 Å². The number of anilines is 1. The first-order valence-corrected chi connectivity index (χ1v) is 7.37. The number of hydrogen-bond donors (Lipinski definition) is 1. The molecule has 1 aromatic heterocycles. The number of methoxy groups -OCH3 is 1. The first-order valence-electron chi connectivity index (χ1n) is 7.37. The number of piperidine rings is 1. The van der Waals surface area contributed by atoms with Gasteiger partial charge in [0.2, 0.25) is 5.88 Å². The van der Waals surface area contributed by atoms with Gasteiger partial charge in [-0.2, -0.15) is 0 Å². The van der Waals surface area contributed by atoms with Crippen molar-refractivity contribution in [1.82, 2.24) is 14.9 Å². The van der Waals surface area contributed by atoms with Gasteiger partial charge in [0.05, 0.1) is 7.11 Å². The van der Waals surface area contributed by atoms with E-state index in [-0.39, 0.29) is 0 Å². The largest absolute Gasteiger partial charge is 0.481 e. The van der Waals surface area contributed by atoms with Crippen LogP contribution in [-0.2, 0) is 0 Å². The lowest BCUT2D eigenvalue weighted by molar-refractivity contribution is 0.163. The summed E-state index contributed by atoms with van der Waals surface area (Å²) in [5, 5.41) is 0. The standard InChI is InChI=1S/C14H23N5O/c1-20-14-8-13(16-10-17-14)19-7-4-12(9-19)18-5-2-11(15)3-6-18/h8,10-12H,2-7,9,15H2,1H3. The van der Waals surface area contributed by atoms with Gasteiger partial charge in [-0.1, -0.05) is 0 Å². The van der Waals surface area contributed by atoms with Crippen LogP contribution in [0.2, 0.25) is 0 Å². The van der Waals surface area contributed by atoms with Gasteiger partial charge in [0.15, 0.2) is 0 Å². The summed E-state index contributed by atoms with van der Waals surface area (Å²) < 4.78 is 5.17. The third kappa shape index (κ3) is 2.86. The zero-order valence-corrected chi connectivity index (χ0v) is 12.0. The molecule has 1 unspecified atom stereocenters. The molecule has 2 saturated heterocycles. The van der Waals surface area contributed by atoms with Gasteiger partial charge in [-0.3, -0.25) is 4.90 Å². The van der Waals surface area contributed by atoms with Crippen LogP contribution in [0.4, 0.5) is 5.82 Å². The van der Waals surface area contributed by atoms with E-state index in [1.54, 1.807) is 13.4 Å². The third-order valence-electron chi connectivity index (χ3n) is 4.41. The molecule has 2 aliphatic rings. The highest BCUT2D eigenvalue weighted by atomic mass is 16.5. The van der Waals surface area contributed by atoms with E-state index in [9.17, 15) is 0 Å². The number of likely N-dealkylation sites (tertiary alicyclic amines) is 1. The maximum atomic E-state index is 5.98. The van der Waals surface area contributed by atoms with E-state index in [0.29, 0.717) is 18.0 Å². The van der Waals surface area contributed by atoms with Crippen LogP contribution in [0.25, 0.3) is 0 Å². The second-order valence-electron chi connectivity index (χ2n) is 5.68. The minimum atomic E-state index is 0.398. The van der Waals surface area contributed by atoms with E-state index in [1.807, 2.05) is 6.07 Å². The van der Waals surface area contributed by atoms with Crippen molar-refractivity contribution in [2.45, 2.75) is 31.3 Å². The molecule has 3 rings (SSSR count). The fraction of sp³-hybridized carbons (Fsp3) is 0.714. The van der Waals surface area contributed by atoms with E-state index < -0.39 is 0 Å². The molecule has 1 aromatic rings. The Morgan fingerprint density at radius 1 is 1.20 bits per heavy atom. The molecule has 110 valence electrons.